The average Bonchev–Trinajstić information content (AvgIpc) is 1.60. The molecule has 0 aromatic carbocycles. The smallest absolute Gasteiger partial charge is 0.276 e. The molecule has 4 N–H and O–H groups in total. The lowest BCUT2D eigenvalue weighted by atomic mass is 10.4. The molecule has 0 fully saturated rings. The van der Waals surface area contributed by atoms with E-state index in [1.54, 1.807) is 6.92 Å². The number of hydrogen-bond donors (Lipinski definition) is 2. The van der Waals surface area contributed by atoms with Crippen molar-refractivity contribution >= 4 is 10.2 Å². The molecule has 0 saturated carbocycles. The average molecular weight is 167 g/mol. The van der Waals surface area contributed by atoms with Crippen molar-refractivity contribution in [2.45, 2.75) is 13.0 Å². The Morgan fingerprint density at radius 3 is 2.10 bits per heavy atom. The SMILES string of the molecule is CC(N)CN(C)S(N)(=O)=O. The topological polar surface area (TPSA) is 89.4 Å². The molecule has 0 aliphatic heterocycles. The highest BCUT2D eigenvalue weighted by atomic mass is 32.2. The first-order chi connectivity index (χ1) is 4.34. The molecule has 0 bridgehead atoms. The molecule has 10 heavy (non-hydrogen) atoms. The minimum Gasteiger partial charge on any atom is -0.327 e. The number of rotatable bonds is 3. The molecule has 6 heteroatoms. The Bertz CT molecular complexity index is 187. The quantitative estimate of drug-likeness (QED) is 0.534. The van der Waals surface area contributed by atoms with E-state index in [1.807, 2.05) is 0 Å². The van der Waals surface area contributed by atoms with Crippen LogP contribution < -0.4 is 10.9 Å². The van der Waals surface area contributed by atoms with Crippen LogP contribution in [0.5, 0.6) is 0 Å². The molecule has 0 aromatic rings. The maximum absolute atomic E-state index is 10.5. The largest absolute Gasteiger partial charge is 0.327 e. The van der Waals surface area contributed by atoms with E-state index in [0.29, 0.717) is 0 Å². The second kappa shape index (κ2) is 3.29. The van der Waals surface area contributed by atoms with Gasteiger partial charge in [-0.2, -0.15) is 12.7 Å². The second-order valence-electron chi connectivity index (χ2n) is 2.30. The van der Waals surface area contributed by atoms with E-state index in [0.717, 1.165) is 4.31 Å². The van der Waals surface area contributed by atoms with E-state index >= 15 is 0 Å². The summed E-state index contributed by atoms with van der Waals surface area (Å²) in [5.41, 5.74) is 5.33. The van der Waals surface area contributed by atoms with Gasteiger partial charge in [0.05, 0.1) is 0 Å². The standard InChI is InChI=1S/C4H13N3O2S/c1-4(5)3-7(2)10(6,8)9/h4H,3,5H2,1-2H3,(H2,6,8,9). The van der Waals surface area contributed by atoms with E-state index in [4.69, 9.17) is 10.9 Å². The molecule has 0 amide bonds. The molecule has 0 aliphatic rings. The van der Waals surface area contributed by atoms with Gasteiger partial charge in [-0.3, -0.25) is 0 Å². The van der Waals surface area contributed by atoms with Crippen molar-refractivity contribution in [3.63, 3.8) is 0 Å². The van der Waals surface area contributed by atoms with Gasteiger partial charge in [0.1, 0.15) is 0 Å². The summed E-state index contributed by atoms with van der Waals surface area (Å²) in [6, 6.07) is -0.191. The maximum atomic E-state index is 10.5. The minimum absolute atomic E-state index is 0.191. The predicted molar refractivity (Wildman–Crippen MR) is 39.4 cm³/mol. The van der Waals surface area contributed by atoms with Crippen molar-refractivity contribution in [3.05, 3.63) is 0 Å². The lowest BCUT2D eigenvalue weighted by molar-refractivity contribution is 0.446. The van der Waals surface area contributed by atoms with E-state index in [-0.39, 0.29) is 12.6 Å². The van der Waals surface area contributed by atoms with E-state index < -0.39 is 10.2 Å². The van der Waals surface area contributed by atoms with Crippen LogP contribution in [-0.2, 0) is 10.2 Å². The molecule has 0 spiro atoms. The number of hydrogen-bond acceptors (Lipinski definition) is 3. The summed E-state index contributed by atoms with van der Waals surface area (Å²) in [7, 11) is -2.16. The fraction of sp³-hybridized carbons (Fsp3) is 1.00. The Kier molecular flexibility index (Phi) is 3.23. The normalized spacial score (nSPS) is 15.7. The summed E-state index contributed by atoms with van der Waals surface area (Å²) in [5.74, 6) is 0. The van der Waals surface area contributed by atoms with Crippen LogP contribution in [0.3, 0.4) is 0 Å². The van der Waals surface area contributed by atoms with Crippen LogP contribution in [0.1, 0.15) is 6.92 Å². The van der Waals surface area contributed by atoms with Crippen LogP contribution in [0.25, 0.3) is 0 Å². The van der Waals surface area contributed by atoms with E-state index in [1.165, 1.54) is 7.05 Å². The monoisotopic (exact) mass is 167 g/mol. The van der Waals surface area contributed by atoms with Crippen LogP contribution in [-0.4, -0.2) is 32.4 Å². The molecular formula is C4H13N3O2S. The molecule has 0 heterocycles. The Morgan fingerprint density at radius 1 is 1.60 bits per heavy atom. The Labute approximate surface area is 61.2 Å². The number of nitrogens with two attached hydrogens (primary N) is 2. The first kappa shape index (κ1) is 9.83. The molecule has 0 radical (unpaired) electrons. The molecule has 0 aliphatic carbocycles. The summed E-state index contributed by atoms with van der Waals surface area (Å²) < 4.78 is 22.0. The zero-order chi connectivity index (χ0) is 8.36. The van der Waals surface area contributed by atoms with Crippen LogP contribution in [0, 0.1) is 0 Å². The molecule has 0 saturated heterocycles. The van der Waals surface area contributed by atoms with Gasteiger partial charge in [-0.25, -0.2) is 5.14 Å². The fourth-order valence-corrected chi connectivity index (χ4v) is 0.952. The van der Waals surface area contributed by atoms with Gasteiger partial charge in [0, 0.05) is 19.6 Å². The van der Waals surface area contributed by atoms with E-state index in [2.05, 4.69) is 0 Å². The van der Waals surface area contributed by atoms with Gasteiger partial charge in [0.2, 0.25) is 0 Å². The van der Waals surface area contributed by atoms with Gasteiger partial charge >= 0.3 is 0 Å². The highest BCUT2D eigenvalue weighted by Crippen LogP contribution is 1.89. The lowest BCUT2D eigenvalue weighted by Crippen LogP contribution is -2.40. The predicted octanol–water partition coefficient (Wildman–Crippen LogP) is -1.53. The van der Waals surface area contributed by atoms with Crippen LogP contribution >= 0.6 is 0 Å². The third-order valence-corrected chi connectivity index (χ3v) is 2.00. The van der Waals surface area contributed by atoms with Crippen molar-refractivity contribution < 1.29 is 8.42 Å². The Hall–Kier alpha value is -0.170. The van der Waals surface area contributed by atoms with Crippen LogP contribution in [0.15, 0.2) is 0 Å². The fourth-order valence-electron chi connectivity index (χ4n) is 0.509. The van der Waals surface area contributed by atoms with Gasteiger partial charge in [0.25, 0.3) is 10.2 Å². The first-order valence-corrected chi connectivity index (χ1v) is 4.34. The van der Waals surface area contributed by atoms with Gasteiger partial charge in [-0.05, 0) is 6.92 Å². The highest BCUT2D eigenvalue weighted by Gasteiger charge is 2.11. The molecule has 1 unspecified atom stereocenters. The minimum atomic E-state index is -3.54. The third kappa shape index (κ3) is 3.78. The molecule has 62 valence electrons. The molecule has 0 rings (SSSR count). The number of nitrogens with zero attached hydrogens (tertiary/aromatic N) is 1. The third-order valence-electron chi connectivity index (χ3n) is 0.980. The van der Waals surface area contributed by atoms with Crippen molar-refractivity contribution in [2.24, 2.45) is 10.9 Å². The summed E-state index contributed by atoms with van der Waals surface area (Å²) >= 11 is 0. The lowest BCUT2D eigenvalue weighted by Gasteiger charge is -2.15. The molecule has 1 atom stereocenters. The summed E-state index contributed by atoms with van der Waals surface area (Å²) in [4.78, 5) is 0. The first-order valence-electron chi connectivity index (χ1n) is 2.83. The number of likely N-dealkylation sites (N-methyl/N-ethyl adjacent to an activating group) is 1. The maximum Gasteiger partial charge on any atom is 0.276 e. The van der Waals surface area contributed by atoms with Gasteiger partial charge in [-0.1, -0.05) is 0 Å². The summed E-state index contributed by atoms with van der Waals surface area (Å²) in [6.07, 6.45) is 0. The van der Waals surface area contributed by atoms with Crippen LogP contribution in [0.4, 0.5) is 0 Å². The molecule has 5 nitrogen and oxygen atoms in total. The second-order valence-corrected chi connectivity index (χ2v) is 3.96. The Morgan fingerprint density at radius 2 is 2.00 bits per heavy atom. The zero-order valence-corrected chi connectivity index (χ0v) is 6.93. The van der Waals surface area contributed by atoms with Crippen molar-refractivity contribution in [1.82, 2.24) is 4.31 Å². The van der Waals surface area contributed by atoms with Gasteiger partial charge < -0.3 is 5.73 Å². The van der Waals surface area contributed by atoms with Gasteiger partial charge in [0.15, 0.2) is 0 Å². The molecular weight excluding hydrogens is 154 g/mol. The highest BCUT2D eigenvalue weighted by molar-refractivity contribution is 7.86. The Balaban J connectivity index is 3.99. The summed E-state index contributed by atoms with van der Waals surface area (Å²) in [6.45, 7) is 1.96. The van der Waals surface area contributed by atoms with E-state index in [9.17, 15) is 8.42 Å². The van der Waals surface area contributed by atoms with Crippen LogP contribution in [0.2, 0.25) is 0 Å². The van der Waals surface area contributed by atoms with Gasteiger partial charge in [-0.15, -0.1) is 0 Å². The summed E-state index contributed by atoms with van der Waals surface area (Å²) in [5, 5.41) is 4.77. The van der Waals surface area contributed by atoms with Crippen molar-refractivity contribution in [2.75, 3.05) is 13.6 Å². The molecule has 0 aromatic heterocycles. The zero-order valence-electron chi connectivity index (χ0n) is 6.11. The van der Waals surface area contributed by atoms with Crippen molar-refractivity contribution in [1.29, 1.82) is 0 Å². The van der Waals surface area contributed by atoms with Crippen molar-refractivity contribution in [3.8, 4) is 0 Å².